The molecule has 2 amide bonds. The van der Waals surface area contributed by atoms with Crippen molar-refractivity contribution in [3.8, 4) is 0 Å². The predicted octanol–water partition coefficient (Wildman–Crippen LogP) is 4.97. The number of piperidine rings is 1. The average molecular weight is 735 g/mol. The molecule has 0 saturated carbocycles. The second kappa shape index (κ2) is 17.1. The summed E-state index contributed by atoms with van der Waals surface area (Å²) in [5, 5.41) is 5.63. The molecule has 4 N–H and O–H groups in total. The van der Waals surface area contributed by atoms with E-state index >= 15 is 0 Å². The molecule has 0 spiro atoms. The highest BCUT2D eigenvalue weighted by Crippen LogP contribution is 2.38. The Kier molecular flexibility index (Phi) is 12.6. The molecule has 14 heteroatoms. The third-order valence-corrected chi connectivity index (χ3v) is 9.25. The van der Waals surface area contributed by atoms with Crippen LogP contribution in [0, 0.1) is 5.82 Å². The second-order valence-electron chi connectivity index (χ2n) is 12.9. The highest BCUT2D eigenvalue weighted by molar-refractivity contribution is 6.15. The maximum absolute atomic E-state index is 14.0. The normalized spacial score (nSPS) is 23.0. The van der Waals surface area contributed by atoms with Crippen molar-refractivity contribution >= 4 is 29.6 Å². The number of fused-ring (bicyclic) bond motifs is 2. The number of ether oxygens (including phenoxy) is 1. The molecule has 3 aliphatic rings. The second-order valence-corrected chi connectivity index (χ2v) is 12.9. The minimum Gasteiger partial charge on any atom is -0.401 e. The lowest BCUT2D eigenvalue weighted by molar-refractivity contribution is -0.137. The van der Waals surface area contributed by atoms with E-state index in [0.29, 0.717) is 46.8 Å². The maximum atomic E-state index is 14.0. The zero-order valence-electron chi connectivity index (χ0n) is 29.4. The van der Waals surface area contributed by atoms with E-state index in [0.717, 1.165) is 44.1 Å². The van der Waals surface area contributed by atoms with E-state index in [1.54, 1.807) is 38.2 Å². The number of nitrogens with zero attached hydrogens (tertiary/aromatic N) is 3. The van der Waals surface area contributed by atoms with Crippen LogP contribution in [0.15, 0.2) is 107 Å². The van der Waals surface area contributed by atoms with Crippen molar-refractivity contribution in [1.82, 2.24) is 20.4 Å². The maximum Gasteiger partial charge on any atom is 0.416 e. The number of amides is 2. The monoisotopic (exact) mass is 734 g/mol. The van der Waals surface area contributed by atoms with Crippen molar-refractivity contribution in [1.29, 1.82) is 0 Å². The van der Waals surface area contributed by atoms with Crippen LogP contribution >= 0.6 is 0 Å². The third-order valence-electron chi connectivity index (χ3n) is 9.25. The molecule has 0 aromatic heterocycles. The highest BCUT2D eigenvalue weighted by atomic mass is 19.4. The Balaban J connectivity index is 0.000000378. The number of hydrogen-bond acceptors (Lipinski definition) is 8. The largest absolute Gasteiger partial charge is 0.416 e. The molecule has 6 rings (SSSR count). The summed E-state index contributed by atoms with van der Waals surface area (Å²) >= 11 is 0. The van der Waals surface area contributed by atoms with Crippen molar-refractivity contribution in [2.24, 2.45) is 10.7 Å². The van der Waals surface area contributed by atoms with Crippen LogP contribution in [0.3, 0.4) is 0 Å². The predicted molar refractivity (Wildman–Crippen MR) is 193 cm³/mol. The van der Waals surface area contributed by atoms with Gasteiger partial charge in [0, 0.05) is 55.0 Å². The molecule has 3 saturated heterocycles. The molecule has 4 atom stereocenters. The number of aldehydes is 1. The topological polar surface area (TPSA) is 129 Å². The number of carbonyl (C=O) groups excluding carboxylic acids is 3. The lowest BCUT2D eigenvalue weighted by Gasteiger charge is -2.41. The van der Waals surface area contributed by atoms with Gasteiger partial charge in [0.1, 0.15) is 24.0 Å². The Bertz CT molecular complexity index is 1870. The Labute approximate surface area is 305 Å². The molecule has 0 aliphatic carbocycles. The first-order valence-electron chi connectivity index (χ1n) is 17.1. The van der Waals surface area contributed by atoms with Gasteiger partial charge in [0.15, 0.2) is 0 Å². The van der Waals surface area contributed by atoms with Gasteiger partial charge in [-0.25, -0.2) is 9.38 Å². The van der Waals surface area contributed by atoms with Crippen molar-refractivity contribution in [2.45, 2.75) is 43.6 Å². The molecule has 3 heterocycles. The van der Waals surface area contributed by atoms with E-state index in [-0.39, 0.29) is 24.5 Å². The Hall–Kier alpha value is -5.18. The van der Waals surface area contributed by atoms with Crippen molar-refractivity contribution in [2.75, 3.05) is 39.8 Å². The molecule has 4 unspecified atom stereocenters. The number of rotatable bonds is 10. The average Bonchev–Trinajstić information content (AvgIpc) is 3.77. The number of carbonyl (C=O) groups is 3. The summed E-state index contributed by atoms with van der Waals surface area (Å²) in [7, 11) is 1.69. The lowest BCUT2D eigenvalue weighted by Crippen LogP contribution is -2.59. The number of amidine groups is 1. The van der Waals surface area contributed by atoms with Gasteiger partial charge in [-0.15, -0.1) is 0 Å². The van der Waals surface area contributed by atoms with Crippen molar-refractivity contribution < 1.29 is 36.7 Å². The third kappa shape index (κ3) is 9.25. The van der Waals surface area contributed by atoms with Gasteiger partial charge < -0.3 is 21.1 Å². The summed E-state index contributed by atoms with van der Waals surface area (Å²) in [6.07, 6.45) is -2.28. The number of aliphatic imine (C=N–C) groups is 1. The molecule has 2 bridgehead atoms. The smallest absolute Gasteiger partial charge is 0.401 e. The van der Waals surface area contributed by atoms with Gasteiger partial charge in [0.25, 0.3) is 11.8 Å². The highest BCUT2D eigenvalue weighted by Gasteiger charge is 2.46. The zero-order valence-corrected chi connectivity index (χ0v) is 29.4. The van der Waals surface area contributed by atoms with Crippen LogP contribution < -0.4 is 16.4 Å². The van der Waals surface area contributed by atoms with Crippen molar-refractivity contribution in [3.63, 3.8) is 0 Å². The zero-order chi connectivity index (χ0) is 38.3. The fourth-order valence-corrected chi connectivity index (χ4v) is 6.75. The molecule has 3 aromatic rings. The first-order valence-corrected chi connectivity index (χ1v) is 17.1. The molecule has 3 aliphatic heterocycles. The van der Waals surface area contributed by atoms with Gasteiger partial charge in [-0.3, -0.25) is 24.2 Å². The summed E-state index contributed by atoms with van der Waals surface area (Å²) in [5.74, 6) is -2.61. The Morgan fingerprint density at radius 1 is 1.09 bits per heavy atom. The van der Waals surface area contributed by atoms with E-state index in [1.807, 2.05) is 6.07 Å². The Morgan fingerprint density at radius 2 is 1.81 bits per heavy atom. The van der Waals surface area contributed by atoms with E-state index in [9.17, 15) is 31.9 Å². The van der Waals surface area contributed by atoms with E-state index < -0.39 is 41.3 Å². The summed E-state index contributed by atoms with van der Waals surface area (Å²) in [4.78, 5) is 46.1. The van der Waals surface area contributed by atoms with Crippen LogP contribution in [0.5, 0.6) is 0 Å². The molecule has 3 fully saturated rings. The van der Waals surface area contributed by atoms with E-state index in [1.165, 1.54) is 35.2 Å². The standard InChI is InChI=1S/C30H29F4N5O2.C9H13NO2/c1-3-39-27(37-22-10-5-4-6-11-22)25(23(35)17-36-2)24(18-12-14-21(31)15-13-18)26(29(39)41)38-28(40)19-8-7-9-20(16-19)30(32,33)34;1-7(5-11)3-10-4-9-2-8(10)6-12-9/h4-16,24,26,36H,3,17,35H2,1-2H3,(H,38,40);5,8-9H,1-4,6H2/b25-23-,37-27?;. The fraction of sp³-hybridized carbons (Fsp3) is 0.333. The van der Waals surface area contributed by atoms with Crippen LogP contribution in [-0.4, -0.2) is 91.8 Å². The molecular formula is C39H42F4N6O4. The summed E-state index contributed by atoms with van der Waals surface area (Å²) in [6, 6.07) is 17.5. The number of nitrogens with two attached hydrogens (primary N) is 1. The van der Waals surface area contributed by atoms with Crippen LogP contribution in [0.25, 0.3) is 0 Å². The van der Waals surface area contributed by atoms with Gasteiger partial charge in [-0.05, 0) is 74.0 Å². The first-order chi connectivity index (χ1) is 25.3. The number of halogens is 4. The van der Waals surface area contributed by atoms with Crippen LogP contribution in [0.1, 0.15) is 40.7 Å². The van der Waals surface area contributed by atoms with Gasteiger partial charge in [0.05, 0.1) is 24.0 Å². The summed E-state index contributed by atoms with van der Waals surface area (Å²) in [6.45, 7) is 8.27. The number of hydrogen-bond donors (Lipinski definition) is 3. The minimum atomic E-state index is -4.66. The molecule has 3 aromatic carbocycles. The number of morpholine rings is 1. The van der Waals surface area contributed by atoms with Gasteiger partial charge in [-0.1, -0.05) is 43.0 Å². The van der Waals surface area contributed by atoms with Gasteiger partial charge >= 0.3 is 6.18 Å². The quantitative estimate of drug-likeness (QED) is 0.153. The molecular weight excluding hydrogens is 692 g/mol. The first kappa shape index (κ1) is 39.0. The number of nitrogens with one attached hydrogen (secondary N) is 2. The molecule has 10 nitrogen and oxygen atoms in total. The number of likely N-dealkylation sites (N-methyl/N-ethyl adjacent to an activating group) is 2. The number of likely N-dealkylation sites (tertiary alicyclic amines) is 2. The lowest BCUT2D eigenvalue weighted by atomic mass is 9.78. The Morgan fingerprint density at radius 3 is 2.40 bits per heavy atom. The van der Waals surface area contributed by atoms with Crippen LogP contribution in [0.4, 0.5) is 23.2 Å². The molecule has 53 heavy (non-hydrogen) atoms. The molecule has 0 radical (unpaired) electrons. The van der Waals surface area contributed by atoms with Crippen LogP contribution in [0.2, 0.25) is 0 Å². The van der Waals surface area contributed by atoms with Gasteiger partial charge in [-0.2, -0.15) is 13.2 Å². The fourth-order valence-electron chi connectivity index (χ4n) is 6.75. The number of para-hydroxylation sites is 1. The van der Waals surface area contributed by atoms with Gasteiger partial charge in [0.2, 0.25) is 0 Å². The summed E-state index contributed by atoms with van der Waals surface area (Å²) < 4.78 is 59.4. The van der Waals surface area contributed by atoms with E-state index in [2.05, 4.69) is 22.1 Å². The number of benzene rings is 3. The number of alkyl halides is 3. The van der Waals surface area contributed by atoms with Crippen molar-refractivity contribution in [3.05, 3.63) is 125 Å². The SMILES string of the molecule is C=C(C=O)CN1CC2CC1CO2.CCN1C(=O)C(NC(=O)c2cccc(C(F)(F)F)c2)C(c2ccc(F)cc2)/C(=C(/N)CNC)C1=Nc1ccccc1. The minimum absolute atomic E-state index is 0.160. The van der Waals surface area contributed by atoms with E-state index in [4.69, 9.17) is 15.5 Å². The van der Waals surface area contributed by atoms with Crippen LogP contribution in [-0.2, 0) is 20.5 Å². The molecule has 280 valence electrons. The summed E-state index contributed by atoms with van der Waals surface area (Å²) in [5.41, 5.74) is 7.73.